The number of nitrogens with zero attached hydrogens (tertiary/aromatic N) is 4. The molecule has 2 aromatic carbocycles. The quantitative estimate of drug-likeness (QED) is 0.237. The van der Waals surface area contributed by atoms with Gasteiger partial charge in [0.05, 0.1) is 10.6 Å². The van der Waals surface area contributed by atoms with Crippen molar-refractivity contribution in [3.05, 3.63) is 48.5 Å². The third-order valence-electron chi connectivity index (χ3n) is 3.93. The van der Waals surface area contributed by atoms with E-state index in [-0.39, 0.29) is 100 Å². The summed E-state index contributed by atoms with van der Waals surface area (Å²) >= 11 is 0. The van der Waals surface area contributed by atoms with Crippen molar-refractivity contribution in [2.45, 2.75) is 15.8 Å². The van der Waals surface area contributed by atoms with Gasteiger partial charge in [0.2, 0.25) is 6.04 Å². The van der Waals surface area contributed by atoms with Gasteiger partial charge in [-0.15, -0.1) is 0 Å². The van der Waals surface area contributed by atoms with E-state index in [1.807, 2.05) is 0 Å². The molecule has 0 fully saturated rings. The van der Waals surface area contributed by atoms with Gasteiger partial charge < -0.3 is 5.11 Å². The predicted octanol–water partition coefficient (Wildman–Crippen LogP) is -0.826. The van der Waals surface area contributed by atoms with Gasteiger partial charge in [0.25, 0.3) is 26.1 Å². The second kappa shape index (κ2) is 13.1. The molecule has 3 rings (SSSR count). The first kappa shape index (κ1) is 33.5. The number of carboxylic acid groups (broad SMARTS) is 1. The number of rotatable bonds is 6. The Bertz CT molecular complexity index is 1350. The van der Waals surface area contributed by atoms with Crippen LogP contribution in [0.5, 0.6) is 0 Å². The van der Waals surface area contributed by atoms with Gasteiger partial charge in [0.1, 0.15) is 10.6 Å². The van der Waals surface area contributed by atoms with E-state index in [1.165, 1.54) is 18.2 Å². The first-order valence-corrected chi connectivity index (χ1v) is 11.0. The van der Waals surface area contributed by atoms with Crippen LogP contribution in [0.15, 0.2) is 73.7 Å². The van der Waals surface area contributed by atoms with Crippen LogP contribution in [0, 0.1) is 0 Å². The summed E-state index contributed by atoms with van der Waals surface area (Å²) in [5.74, 6) is -2.57. The van der Waals surface area contributed by atoms with E-state index in [0.29, 0.717) is 5.01 Å². The Morgan fingerprint density at radius 3 is 1.97 bits per heavy atom. The van der Waals surface area contributed by atoms with Crippen LogP contribution in [0.4, 0.5) is 11.4 Å². The zero-order valence-electron chi connectivity index (χ0n) is 15.1. The van der Waals surface area contributed by atoms with Crippen LogP contribution in [0.1, 0.15) is 0 Å². The van der Waals surface area contributed by atoms with Crippen LogP contribution in [-0.2, 0) is 29.8 Å². The Kier molecular flexibility index (Phi) is 12.9. The summed E-state index contributed by atoms with van der Waals surface area (Å²) in [6, 6.07) is 7.34. The Balaban J connectivity index is 0.00000363. The number of amides is 1. The third kappa shape index (κ3) is 7.73. The monoisotopic (exact) mass is 540 g/mol. The topological polar surface area (TPSA) is 203 Å². The normalized spacial score (nSPS) is 15.7. The SMILES string of the molecule is O=C(O)C1=NN(c2ccc(S(=O)(=O)O)cc2)C(=O)C1/N=N/c1ccccc1S(=O)(=O)O.[NaH].[NaH].[NaH]. The fourth-order valence-corrected chi connectivity index (χ4v) is 3.63. The Labute approximate surface area is 260 Å². The molecule has 1 aliphatic rings. The van der Waals surface area contributed by atoms with Crippen LogP contribution in [0.3, 0.4) is 0 Å². The number of azo groups is 1. The molecular formula is C16H15N4Na3O9S2. The van der Waals surface area contributed by atoms with E-state index in [9.17, 15) is 36.1 Å². The van der Waals surface area contributed by atoms with Gasteiger partial charge in [0, 0.05) is 0 Å². The molecule has 34 heavy (non-hydrogen) atoms. The molecule has 3 N–H and O–H groups in total. The molecule has 0 radical (unpaired) electrons. The molecule has 2 aromatic rings. The van der Waals surface area contributed by atoms with E-state index < -0.39 is 53.7 Å². The molecule has 1 atom stereocenters. The fourth-order valence-electron chi connectivity index (χ4n) is 2.53. The number of anilines is 1. The van der Waals surface area contributed by atoms with Gasteiger partial charge in [-0.2, -0.15) is 37.2 Å². The van der Waals surface area contributed by atoms with Gasteiger partial charge in [-0.05, 0) is 36.4 Å². The number of carbonyl (C=O) groups excluding carboxylic acids is 1. The van der Waals surface area contributed by atoms with Crippen LogP contribution < -0.4 is 5.01 Å². The molecule has 1 amide bonds. The Morgan fingerprint density at radius 1 is 0.912 bits per heavy atom. The number of hydrogen-bond acceptors (Lipinski definition) is 9. The average Bonchev–Trinajstić information content (AvgIpc) is 3.02. The number of carboxylic acids is 1. The van der Waals surface area contributed by atoms with Gasteiger partial charge in [0.15, 0.2) is 5.71 Å². The zero-order valence-corrected chi connectivity index (χ0v) is 16.7. The second-order valence-electron chi connectivity index (χ2n) is 5.97. The first-order valence-electron chi connectivity index (χ1n) is 8.10. The van der Waals surface area contributed by atoms with Crippen molar-refractivity contribution in [3.63, 3.8) is 0 Å². The molecule has 168 valence electrons. The van der Waals surface area contributed by atoms with E-state index in [2.05, 4.69) is 15.3 Å². The summed E-state index contributed by atoms with van der Waals surface area (Å²) in [7, 11) is -9.14. The molecule has 0 saturated carbocycles. The maximum absolute atomic E-state index is 12.7. The maximum atomic E-state index is 12.7. The molecule has 0 bridgehead atoms. The summed E-state index contributed by atoms with van der Waals surface area (Å²) in [6.07, 6.45) is 0. The summed E-state index contributed by atoms with van der Waals surface area (Å²) < 4.78 is 63.3. The second-order valence-corrected chi connectivity index (χ2v) is 8.78. The molecule has 0 spiro atoms. The van der Waals surface area contributed by atoms with Gasteiger partial charge in [-0.25, -0.2) is 4.79 Å². The van der Waals surface area contributed by atoms with Crippen molar-refractivity contribution in [2.75, 3.05) is 5.01 Å². The summed E-state index contributed by atoms with van der Waals surface area (Å²) in [6.45, 7) is 0. The number of benzene rings is 2. The van der Waals surface area contributed by atoms with Crippen molar-refractivity contribution < 1.29 is 40.6 Å². The zero-order chi connectivity index (χ0) is 23.0. The number of hydrogen-bond donors (Lipinski definition) is 3. The summed E-state index contributed by atoms with van der Waals surface area (Å²) in [4.78, 5) is 23.1. The first-order chi connectivity index (χ1) is 14.4. The predicted molar refractivity (Wildman–Crippen MR) is 125 cm³/mol. The molecule has 18 heteroatoms. The third-order valence-corrected chi connectivity index (χ3v) is 5.70. The minimum absolute atomic E-state index is 0. The van der Waals surface area contributed by atoms with E-state index >= 15 is 0 Å². The Morgan fingerprint density at radius 2 is 1.47 bits per heavy atom. The van der Waals surface area contributed by atoms with Crippen molar-refractivity contribution in [1.29, 1.82) is 0 Å². The summed E-state index contributed by atoms with van der Waals surface area (Å²) in [5, 5.41) is 20.8. The van der Waals surface area contributed by atoms with E-state index in [0.717, 1.165) is 30.3 Å². The van der Waals surface area contributed by atoms with E-state index in [1.54, 1.807) is 0 Å². The number of carbonyl (C=O) groups is 2. The van der Waals surface area contributed by atoms with Gasteiger partial charge >= 0.3 is 94.6 Å². The van der Waals surface area contributed by atoms with Gasteiger partial charge in [-0.3, -0.25) is 13.9 Å². The Hall–Kier alpha value is -0.530. The van der Waals surface area contributed by atoms with Crippen LogP contribution in [0.25, 0.3) is 0 Å². The molecule has 0 aliphatic carbocycles. The van der Waals surface area contributed by atoms with Crippen molar-refractivity contribution >= 4 is 138 Å². The van der Waals surface area contributed by atoms with Crippen LogP contribution >= 0.6 is 0 Å². The molecule has 1 heterocycles. The van der Waals surface area contributed by atoms with Crippen LogP contribution in [0.2, 0.25) is 0 Å². The number of hydrazone groups is 1. The number of aliphatic carboxylic acids is 1. The molecule has 1 aliphatic heterocycles. The molecule has 0 aromatic heterocycles. The molecule has 13 nitrogen and oxygen atoms in total. The molecule has 0 saturated heterocycles. The molecule has 1 unspecified atom stereocenters. The van der Waals surface area contributed by atoms with Gasteiger partial charge in [-0.1, -0.05) is 12.1 Å². The van der Waals surface area contributed by atoms with Crippen molar-refractivity contribution in [3.8, 4) is 0 Å². The summed E-state index contributed by atoms with van der Waals surface area (Å²) in [5.41, 5.74) is -1.08. The van der Waals surface area contributed by atoms with E-state index in [4.69, 9.17) is 4.55 Å². The standard InChI is InChI=1S/C16H12N4O9S2.3Na.3H/c21-15-13(18-17-11-3-1-2-4-12(11)31(27,28)29)14(16(22)23)19-20(15)9-5-7-10(8-6-9)30(24,25)26;;;;;;/h1-8,13H,(H,22,23)(H,24,25,26)(H,27,28,29);;;;;;/b18-17+;;;;;;. The van der Waals surface area contributed by atoms with Crippen molar-refractivity contribution in [1.82, 2.24) is 0 Å². The average molecular weight is 540 g/mol. The fraction of sp³-hybridized carbons (Fsp3) is 0.0625. The van der Waals surface area contributed by atoms with Crippen molar-refractivity contribution in [2.24, 2.45) is 15.3 Å². The van der Waals surface area contributed by atoms with Crippen LogP contribution in [-0.4, -0.2) is 143 Å². The molecular weight excluding hydrogens is 525 g/mol. The minimum atomic E-state index is -4.66.